The van der Waals surface area contributed by atoms with Crippen LogP contribution in [0.2, 0.25) is 0 Å². The van der Waals surface area contributed by atoms with Crippen LogP contribution in [-0.4, -0.2) is 17.4 Å². The Hall–Kier alpha value is -3.64. The first-order valence-corrected chi connectivity index (χ1v) is 11.9. The van der Waals surface area contributed by atoms with Crippen LogP contribution >= 0.6 is 0 Å². The normalized spacial score (nSPS) is 18.7. The van der Waals surface area contributed by atoms with Crippen molar-refractivity contribution in [2.75, 3.05) is 0 Å². The van der Waals surface area contributed by atoms with Crippen molar-refractivity contribution in [3.8, 4) is 22.6 Å². The second kappa shape index (κ2) is 7.95. The molecule has 3 aromatic carbocycles. The number of carbonyl (C=O) groups excluding carboxylic acids is 2. The average molecular weight is 471 g/mol. The summed E-state index contributed by atoms with van der Waals surface area (Å²) in [6, 6.07) is 15.9. The molecule has 1 aliphatic carbocycles. The van der Waals surface area contributed by atoms with E-state index < -0.39 is 11.9 Å². The number of Topliss-reactive ketones (excluding diaryl/α,β-unsaturated/α-hetero) is 1. The van der Waals surface area contributed by atoms with Crippen molar-refractivity contribution >= 4 is 11.8 Å². The summed E-state index contributed by atoms with van der Waals surface area (Å²) < 4.78 is 22.9. The number of benzene rings is 3. The molecular weight excluding hydrogens is 444 g/mol. The Labute approximate surface area is 203 Å². The van der Waals surface area contributed by atoms with Gasteiger partial charge in [-0.25, -0.2) is 0 Å². The smallest absolute Gasteiger partial charge is 0.305 e. The molecule has 6 heteroatoms. The number of ketones is 1. The molecule has 2 heterocycles. The molecule has 3 aliphatic rings. The molecule has 35 heavy (non-hydrogen) atoms. The zero-order valence-corrected chi connectivity index (χ0v) is 20.0. The maximum Gasteiger partial charge on any atom is 0.305 e. The van der Waals surface area contributed by atoms with Crippen molar-refractivity contribution in [2.45, 2.75) is 58.7 Å². The van der Waals surface area contributed by atoms with Gasteiger partial charge in [0, 0.05) is 12.5 Å². The molecule has 0 N–H and O–H groups in total. The Bertz CT molecular complexity index is 1380. The SMILES string of the molecule is CC(=O)O[C@@H]1OCc2cc(OCc3cccc(-c4c(C)cc5c(c4C)C(=O)C4(CC4)O5)c3)ccc21. The quantitative estimate of drug-likeness (QED) is 0.442. The van der Waals surface area contributed by atoms with Gasteiger partial charge in [0.05, 0.1) is 12.2 Å². The third kappa shape index (κ3) is 3.69. The van der Waals surface area contributed by atoms with Crippen LogP contribution in [0.4, 0.5) is 0 Å². The van der Waals surface area contributed by atoms with Crippen LogP contribution in [0.15, 0.2) is 48.5 Å². The van der Waals surface area contributed by atoms with Crippen molar-refractivity contribution in [3.63, 3.8) is 0 Å². The Balaban J connectivity index is 1.22. The summed E-state index contributed by atoms with van der Waals surface area (Å²) in [6.45, 7) is 6.22. The summed E-state index contributed by atoms with van der Waals surface area (Å²) in [7, 11) is 0. The second-order valence-corrected chi connectivity index (χ2v) is 9.59. The Kier molecular flexibility index (Phi) is 4.97. The van der Waals surface area contributed by atoms with Gasteiger partial charge in [-0.2, -0.15) is 0 Å². The van der Waals surface area contributed by atoms with Crippen LogP contribution in [0.3, 0.4) is 0 Å². The predicted molar refractivity (Wildman–Crippen MR) is 128 cm³/mol. The highest BCUT2D eigenvalue weighted by atomic mass is 16.7. The number of fused-ring (bicyclic) bond motifs is 2. The number of ether oxygens (including phenoxy) is 4. The van der Waals surface area contributed by atoms with Crippen LogP contribution in [0, 0.1) is 13.8 Å². The fraction of sp³-hybridized carbons (Fsp3) is 0.310. The van der Waals surface area contributed by atoms with E-state index in [0.29, 0.717) is 13.2 Å². The van der Waals surface area contributed by atoms with Crippen LogP contribution in [-0.2, 0) is 27.5 Å². The number of carbonyl (C=O) groups is 2. The maximum absolute atomic E-state index is 13.0. The van der Waals surface area contributed by atoms with E-state index in [-0.39, 0.29) is 11.8 Å². The topological polar surface area (TPSA) is 71.1 Å². The Morgan fingerprint density at radius 1 is 1.09 bits per heavy atom. The van der Waals surface area contributed by atoms with Gasteiger partial charge in [-0.15, -0.1) is 0 Å². The monoisotopic (exact) mass is 470 g/mol. The van der Waals surface area contributed by atoms with Crippen LogP contribution in [0.1, 0.15) is 64.2 Å². The van der Waals surface area contributed by atoms with Gasteiger partial charge in [0.1, 0.15) is 18.1 Å². The van der Waals surface area contributed by atoms with Crippen molar-refractivity contribution in [2.24, 2.45) is 0 Å². The molecule has 2 aliphatic heterocycles. The third-order valence-electron chi connectivity index (χ3n) is 7.04. The summed E-state index contributed by atoms with van der Waals surface area (Å²) in [5.74, 6) is 1.20. The lowest BCUT2D eigenvalue weighted by atomic mass is 9.89. The van der Waals surface area contributed by atoms with E-state index in [1.54, 1.807) is 0 Å². The average Bonchev–Trinajstić information content (AvgIpc) is 3.42. The standard InChI is InChI=1S/C29H26O6/c1-16-11-24-26(27(31)29(35-24)9-10-29)17(2)25(16)20-6-4-5-19(12-20)14-32-22-7-8-23-21(13-22)15-33-28(23)34-18(3)30/h4-8,11-13,28H,9-10,14-15H2,1-3H3/t28-/m0/s1. The molecule has 6 rings (SSSR count). The summed E-state index contributed by atoms with van der Waals surface area (Å²) in [5, 5.41) is 0. The summed E-state index contributed by atoms with van der Waals surface area (Å²) >= 11 is 0. The first-order valence-electron chi connectivity index (χ1n) is 11.9. The Morgan fingerprint density at radius 3 is 2.69 bits per heavy atom. The summed E-state index contributed by atoms with van der Waals surface area (Å²) in [5.41, 5.74) is 7.17. The van der Waals surface area contributed by atoms with Crippen molar-refractivity contribution in [3.05, 3.63) is 81.9 Å². The number of esters is 1. The molecule has 6 nitrogen and oxygen atoms in total. The first kappa shape index (κ1) is 21.9. The maximum atomic E-state index is 13.0. The lowest BCUT2D eigenvalue weighted by Crippen LogP contribution is -2.22. The number of aryl methyl sites for hydroxylation is 1. The molecule has 0 saturated heterocycles. The molecule has 1 atom stereocenters. The van der Waals surface area contributed by atoms with Gasteiger partial charge >= 0.3 is 5.97 Å². The highest BCUT2D eigenvalue weighted by Gasteiger charge is 2.58. The van der Waals surface area contributed by atoms with Crippen molar-refractivity contribution < 1.29 is 28.5 Å². The van der Waals surface area contributed by atoms with E-state index in [4.69, 9.17) is 18.9 Å². The highest BCUT2D eigenvalue weighted by Crippen LogP contribution is 2.52. The highest BCUT2D eigenvalue weighted by molar-refractivity contribution is 6.11. The number of rotatable bonds is 5. The van der Waals surface area contributed by atoms with Crippen LogP contribution in [0.5, 0.6) is 11.5 Å². The van der Waals surface area contributed by atoms with Gasteiger partial charge in [-0.3, -0.25) is 9.59 Å². The van der Waals surface area contributed by atoms with Gasteiger partial charge < -0.3 is 18.9 Å². The van der Waals surface area contributed by atoms with Gasteiger partial charge in [0.15, 0.2) is 5.60 Å². The van der Waals surface area contributed by atoms with E-state index in [9.17, 15) is 9.59 Å². The molecule has 0 aromatic heterocycles. The zero-order chi connectivity index (χ0) is 24.3. The van der Waals surface area contributed by atoms with Crippen molar-refractivity contribution in [1.82, 2.24) is 0 Å². The molecule has 0 unspecified atom stereocenters. The lowest BCUT2D eigenvalue weighted by molar-refractivity contribution is -0.175. The van der Waals surface area contributed by atoms with Gasteiger partial charge in [-0.1, -0.05) is 18.2 Å². The summed E-state index contributed by atoms with van der Waals surface area (Å²) in [4.78, 5) is 24.3. The predicted octanol–water partition coefficient (Wildman–Crippen LogP) is 5.75. The van der Waals surface area contributed by atoms with Gasteiger partial charge in [0.2, 0.25) is 12.1 Å². The molecule has 1 fully saturated rings. The fourth-order valence-electron chi connectivity index (χ4n) is 5.19. The third-order valence-corrected chi connectivity index (χ3v) is 7.04. The zero-order valence-electron chi connectivity index (χ0n) is 20.0. The van der Waals surface area contributed by atoms with Gasteiger partial charge in [0.25, 0.3) is 0 Å². The minimum absolute atomic E-state index is 0.127. The molecule has 3 aromatic rings. The van der Waals surface area contributed by atoms with Gasteiger partial charge in [-0.05, 0) is 90.4 Å². The molecular formula is C29H26O6. The van der Waals surface area contributed by atoms with Crippen LogP contribution < -0.4 is 9.47 Å². The Morgan fingerprint density at radius 2 is 1.91 bits per heavy atom. The minimum atomic E-state index is -0.654. The molecule has 1 saturated carbocycles. The molecule has 0 amide bonds. The van der Waals surface area contributed by atoms with E-state index in [1.165, 1.54) is 6.92 Å². The molecule has 1 spiro atoms. The minimum Gasteiger partial charge on any atom is -0.489 e. The molecule has 0 radical (unpaired) electrons. The summed E-state index contributed by atoms with van der Waals surface area (Å²) in [6.07, 6.45) is 0.958. The number of hydrogen-bond donors (Lipinski definition) is 0. The second-order valence-electron chi connectivity index (χ2n) is 9.59. The number of hydrogen-bond acceptors (Lipinski definition) is 6. The fourth-order valence-corrected chi connectivity index (χ4v) is 5.19. The molecule has 0 bridgehead atoms. The van der Waals surface area contributed by atoms with Crippen molar-refractivity contribution in [1.29, 1.82) is 0 Å². The molecule has 178 valence electrons. The lowest BCUT2D eigenvalue weighted by Gasteiger charge is -2.15. The van der Waals surface area contributed by atoms with E-state index in [1.807, 2.05) is 43.3 Å². The van der Waals surface area contributed by atoms with E-state index in [0.717, 1.165) is 68.8 Å². The largest absolute Gasteiger partial charge is 0.489 e. The first-order chi connectivity index (χ1) is 16.8. The van der Waals surface area contributed by atoms with Crippen LogP contribution in [0.25, 0.3) is 11.1 Å². The van der Waals surface area contributed by atoms with E-state index >= 15 is 0 Å². The van der Waals surface area contributed by atoms with E-state index in [2.05, 4.69) is 19.1 Å².